The number of rotatable bonds is 7. The van der Waals surface area contributed by atoms with Crippen LogP contribution in [0.15, 0.2) is 0 Å². The summed E-state index contributed by atoms with van der Waals surface area (Å²) in [6.07, 6.45) is 11.2. The van der Waals surface area contributed by atoms with Crippen molar-refractivity contribution in [3.8, 4) is 0 Å². The van der Waals surface area contributed by atoms with Crippen LogP contribution in [0, 0.1) is 11.8 Å². The third-order valence-electron chi connectivity index (χ3n) is 4.48. The van der Waals surface area contributed by atoms with Crippen LogP contribution in [-0.4, -0.2) is 12.1 Å². The van der Waals surface area contributed by atoms with E-state index in [1.165, 1.54) is 51.4 Å². The Kier molecular flexibility index (Phi) is 7.18. The van der Waals surface area contributed by atoms with Crippen LogP contribution in [0.3, 0.4) is 0 Å². The highest BCUT2D eigenvalue weighted by Gasteiger charge is 2.23. The zero-order valence-corrected chi connectivity index (χ0v) is 12.5. The zero-order valence-electron chi connectivity index (χ0n) is 12.5. The molecule has 1 fully saturated rings. The van der Waals surface area contributed by atoms with Gasteiger partial charge in [-0.1, -0.05) is 40.0 Å². The molecule has 1 N–H and O–H groups in total. The molecule has 0 aromatic heterocycles. The highest BCUT2D eigenvalue weighted by Crippen LogP contribution is 2.30. The molecule has 0 aromatic carbocycles. The second-order valence-electron chi connectivity index (χ2n) is 6.42. The minimum atomic E-state index is 0.724. The second kappa shape index (κ2) is 8.13. The van der Waals surface area contributed by atoms with Gasteiger partial charge >= 0.3 is 0 Å². The van der Waals surface area contributed by atoms with Gasteiger partial charge in [0.05, 0.1) is 0 Å². The van der Waals surface area contributed by atoms with Gasteiger partial charge in [-0.3, -0.25) is 0 Å². The van der Waals surface area contributed by atoms with E-state index in [4.69, 9.17) is 0 Å². The highest BCUT2D eigenvalue weighted by atomic mass is 14.9. The molecule has 1 heteroatoms. The minimum absolute atomic E-state index is 0.724. The summed E-state index contributed by atoms with van der Waals surface area (Å²) in [5.41, 5.74) is 0. The van der Waals surface area contributed by atoms with E-state index in [9.17, 15) is 0 Å². The van der Waals surface area contributed by atoms with Crippen LogP contribution in [-0.2, 0) is 0 Å². The number of unbranched alkanes of at least 4 members (excludes halogenated alkanes) is 2. The van der Waals surface area contributed by atoms with Crippen molar-refractivity contribution in [2.75, 3.05) is 0 Å². The summed E-state index contributed by atoms with van der Waals surface area (Å²) in [4.78, 5) is 0. The van der Waals surface area contributed by atoms with Crippen molar-refractivity contribution in [1.82, 2.24) is 5.32 Å². The maximum atomic E-state index is 3.84. The Bertz CT molecular complexity index is 180. The predicted octanol–water partition coefficient (Wildman–Crippen LogP) is 4.76. The molecule has 1 saturated carbocycles. The normalized spacial score (nSPS) is 27.4. The molecule has 0 aliphatic heterocycles. The standard InChI is InChI=1S/C16H33N/c1-5-6-7-8-14(4)17-16-11-9-15(10-12-16)13(2)3/h13-17H,5-12H2,1-4H3. The summed E-state index contributed by atoms with van der Waals surface area (Å²) >= 11 is 0. The SMILES string of the molecule is CCCCCC(C)NC1CCC(C(C)C)CC1. The molecule has 17 heavy (non-hydrogen) atoms. The van der Waals surface area contributed by atoms with Crippen molar-refractivity contribution >= 4 is 0 Å². The Balaban J connectivity index is 2.12. The minimum Gasteiger partial charge on any atom is -0.312 e. The molecule has 0 amide bonds. The molecule has 102 valence electrons. The molecule has 0 aromatic rings. The maximum absolute atomic E-state index is 3.84. The molecule has 1 atom stereocenters. The van der Waals surface area contributed by atoms with Gasteiger partial charge in [-0.05, 0) is 50.9 Å². The van der Waals surface area contributed by atoms with E-state index in [1.54, 1.807) is 0 Å². The summed E-state index contributed by atoms with van der Waals surface area (Å²) in [5, 5.41) is 3.84. The first-order chi connectivity index (χ1) is 8.13. The Morgan fingerprint density at radius 1 is 1.00 bits per heavy atom. The monoisotopic (exact) mass is 239 g/mol. The van der Waals surface area contributed by atoms with Crippen LogP contribution >= 0.6 is 0 Å². The fourth-order valence-corrected chi connectivity index (χ4v) is 3.14. The summed E-state index contributed by atoms with van der Waals surface area (Å²) in [6.45, 7) is 9.41. The lowest BCUT2D eigenvalue weighted by atomic mass is 9.79. The lowest BCUT2D eigenvalue weighted by Crippen LogP contribution is -2.39. The van der Waals surface area contributed by atoms with E-state index < -0.39 is 0 Å². The van der Waals surface area contributed by atoms with Crippen molar-refractivity contribution in [2.24, 2.45) is 11.8 Å². The van der Waals surface area contributed by atoms with Crippen LogP contribution in [0.25, 0.3) is 0 Å². The molecule has 1 nitrogen and oxygen atoms in total. The van der Waals surface area contributed by atoms with Crippen molar-refractivity contribution < 1.29 is 0 Å². The Hall–Kier alpha value is -0.0400. The van der Waals surface area contributed by atoms with Crippen molar-refractivity contribution in [1.29, 1.82) is 0 Å². The van der Waals surface area contributed by atoms with Gasteiger partial charge in [0.2, 0.25) is 0 Å². The van der Waals surface area contributed by atoms with Crippen LogP contribution in [0.4, 0.5) is 0 Å². The summed E-state index contributed by atoms with van der Waals surface area (Å²) in [5.74, 6) is 1.88. The first kappa shape index (κ1) is 15.0. The molecule has 1 rings (SSSR count). The third-order valence-corrected chi connectivity index (χ3v) is 4.48. The van der Waals surface area contributed by atoms with Crippen molar-refractivity contribution in [3.05, 3.63) is 0 Å². The van der Waals surface area contributed by atoms with Crippen LogP contribution in [0.1, 0.15) is 79.1 Å². The molecular formula is C16H33N. The van der Waals surface area contributed by atoms with E-state index in [0.29, 0.717) is 0 Å². The predicted molar refractivity (Wildman–Crippen MR) is 77.3 cm³/mol. The molecular weight excluding hydrogens is 206 g/mol. The number of hydrogen-bond donors (Lipinski definition) is 1. The van der Waals surface area contributed by atoms with Crippen molar-refractivity contribution in [3.63, 3.8) is 0 Å². The highest BCUT2D eigenvalue weighted by molar-refractivity contribution is 4.80. The van der Waals surface area contributed by atoms with E-state index in [1.807, 2.05) is 0 Å². The van der Waals surface area contributed by atoms with Gasteiger partial charge < -0.3 is 5.32 Å². The lowest BCUT2D eigenvalue weighted by molar-refractivity contribution is 0.228. The topological polar surface area (TPSA) is 12.0 Å². The van der Waals surface area contributed by atoms with Gasteiger partial charge in [-0.25, -0.2) is 0 Å². The van der Waals surface area contributed by atoms with Crippen LogP contribution < -0.4 is 5.32 Å². The average molecular weight is 239 g/mol. The molecule has 0 spiro atoms. The first-order valence-corrected chi connectivity index (χ1v) is 7.89. The summed E-state index contributed by atoms with van der Waals surface area (Å²) in [7, 11) is 0. The second-order valence-corrected chi connectivity index (χ2v) is 6.42. The Morgan fingerprint density at radius 3 is 2.18 bits per heavy atom. The van der Waals surface area contributed by atoms with E-state index >= 15 is 0 Å². The van der Waals surface area contributed by atoms with Gasteiger partial charge in [-0.15, -0.1) is 0 Å². The van der Waals surface area contributed by atoms with Crippen LogP contribution in [0.5, 0.6) is 0 Å². The zero-order chi connectivity index (χ0) is 12.7. The molecule has 1 unspecified atom stereocenters. The first-order valence-electron chi connectivity index (χ1n) is 7.89. The van der Waals surface area contributed by atoms with Gasteiger partial charge in [0.25, 0.3) is 0 Å². The third kappa shape index (κ3) is 5.90. The largest absolute Gasteiger partial charge is 0.312 e. The number of nitrogens with one attached hydrogen (secondary N) is 1. The molecule has 0 radical (unpaired) electrons. The molecule has 1 aliphatic rings. The van der Waals surface area contributed by atoms with Crippen molar-refractivity contribution in [2.45, 2.75) is 91.1 Å². The quantitative estimate of drug-likeness (QED) is 0.632. The molecule has 1 aliphatic carbocycles. The Labute approximate surface area is 109 Å². The van der Waals surface area contributed by atoms with Gasteiger partial charge in [0.1, 0.15) is 0 Å². The lowest BCUT2D eigenvalue weighted by Gasteiger charge is -2.33. The van der Waals surface area contributed by atoms with Gasteiger partial charge in [0.15, 0.2) is 0 Å². The van der Waals surface area contributed by atoms with E-state index in [2.05, 4.69) is 33.0 Å². The molecule has 0 heterocycles. The summed E-state index contributed by atoms with van der Waals surface area (Å²) < 4.78 is 0. The average Bonchev–Trinajstić information content (AvgIpc) is 2.30. The molecule has 0 saturated heterocycles. The van der Waals surface area contributed by atoms with Gasteiger partial charge in [-0.2, -0.15) is 0 Å². The fraction of sp³-hybridized carbons (Fsp3) is 1.00. The van der Waals surface area contributed by atoms with Crippen LogP contribution in [0.2, 0.25) is 0 Å². The summed E-state index contributed by atoms with van der Waals surface area (Å²) in [6, 6.07) is 1.53. The van der Waals surface area contributed by atoms with Gasteiger partial charge in [0, 0.05) is 12.1 Å². The fourth-order valence-electron chi connectivity index (χ4n) is 3.14. The maximum Gasteiger partial charge on any atom is 0.00697 e. The van der Waals surface area contributed by atoms with E-state index in [0.717, 1.165) is 23.9 Å². The number of hydrogen-bond acceptors (Lipinski definition) is 1. The smallest absolute Gasteiger partial charge is 0.00697 e. The Morgan fingerprint density at radius 2 is 1.65 bits per heavy atom. The van der Waals surface area contributed by atoms with E-state index in [-0.39, 0.29) is 0 Å². The molecule has 0 bridgehead atoms.